The zero-order valence-electron chi connectivity index (χ0n) is 19.9. The summed E-state index contributed by atoms with van der Waals surface area (Å²) in [7, 11) is 3.02. The Morgan fingerprint density at radius 1 is 0.886 bits per heavy atom. The monoisotopic (exact) mass is 523 g/mol. The summed E-state index contributed by atoms with van der Waals surface area (Å²) in [6.07, 6.45) is 0. The molecule has 0 aliphatic carbocycles. The fourth-order valence-electron chi connectivity index (χ4n) is 3.75. The van der Waals surface area contributed by atoms with Gasteiger partial charge in [-0.3, -0.25) is 0 Å². The highest BCUT2D eigenvalue weighted by Crippen LogP contribution is 2.42. The second-order valence-electron chi connectivity index (χ2n) is 7.72. The number of hydrogen-bond acceptors (Lipinski definition) is 8. The van der Waals surface area contributed by atoms with Crippen molar-refractivity contribution in [2.45, 2.75) is 19.8 Å². The zero-order chi connectivity index (χ0) is 25.5. The van der Waals surface area contributed by atoms with E-state index in [-0.39, 0.29) is 37.6 Å². The van der Waals surface area contributed by atoms with Crippen LogP contribution in [0.15, 0.2) is 57.3 Å². The number of hydrogen-bond donors (Lipinski definition) is 1. The lowest BCUT2D eigenvalue weighted by atomic mass is 9.83. The predicted octanol–water partition coefficient (Wildman–Crippen LogP) is 4.87. The lowest BCUT2D eigenvalue weighted by Crippen LogP contribution is -2.33. The highest BCUT2D eigenvalue weighted by molar-refractivity contribution is 6.35. The Morgan fingerprint density at radius 2 is 1.46 bits per heavy atom. The molecule has 2 heterocycles. The minimum absolute atomic E-state index is 0.0523. The van der Waals surface area contributed by atoms with Crippen LogP contribution in [-0.4, -0.2) is 52.6 Å². The van der Waals surface area contributed by atoms with Crippen LogP contribution in [0.4, 0.5) is 0 Å². The number of nitrogens with one attached hydrogen (secondary N) is 1. The smallest absolute Gasteiger partial charge is 0.336 e. The van der Waals surface area contributed by atoms with Crippen molar-refractivity contribution in [2.75, 3.05) is 40.6 Å². The molecule has 0 spiro atoms. The number of methoxy groups -OCH3 is 2. The molecule has 0 unspecified atom stereocenters. The topological polar surface area (TPSA) is 96.2 Å². The number of benzene rings is 1. The highest BCUT2D eigenvalue weighted by Gasteiger charge is 2.40. The van der Waals surface area contributed by atoms with E-state index in [2.05, 4.69) is 5.32 Å². The second kappa shape index (κ2) is 12.3. The molecular weight excluding hydrogens is 497 g/mol. The summed E-state index contributed by atoms with van der Waals surface area (Å²) in [5.74, 6) is -1.32. The average Bonchev–Trinajstić information content (AvgIpc) is 3.30. The van der Waals surface area contributed by atoms with Gasteiger partial charge in [0.25, 0.3) is 0 Å². The normalized spacial score (nSPS) is 14.2. The van der Waals surface area contributed by atoms with Crippen molar-refractivity contribution in [1.29, 1.82) is 0 Å². The molecule has 8 nitrogen and oxygen atoms in total. The Bertz CT molecular complexity index is 1110. The number of dihydropyridines is 1. The summed E-state index contributed by atoms with van der Waals surface area (Å²) < 4.78 is 26.9. The number of carbonyl (C=O) groups is 2. The van der Waals surface area contributed by atoms with Crippen molar-refractivity contribution in [3.63, 3.8) is 0 Å². The summed E-state index contributed by atoms with van der Waals surface area (Å²) in [6.45, 7) is 4.03. The lowest BCUT2D eigenvalue weighted by molar-refractivity contribution is -0.141. The van der Waals surface area contributed by atoms with Gasteiger partial charge in [-0.1, -0.05) is 23.2 Å². The van der Waals surface area contributed by atoms with Gasteiger partial charge in [0.2, 0.25) is 0 Å². The van der Waals surface area contributed by atoms with Gasteiger partial charge in [-0.05, 0) is 44.2 Å². The van der Waals surface area contributed by atoms with E-state index in [4.69, 9.17) is 46.6 Å². The van der Waals surface area contributed by atoms with Crippen molar-refractivity contribution in [2.24, 2.45) is 0 Å². The molecule has 1 aromatic carbocycles. The highest BCUT2D eigenvalue weighted by atomic mass is 35.5. The number of allylic oxidation sites excluding steroid dienone is 2. The van der Waals surface area contributed by atoms with Crippen LogP contribution in [0.25, 0.3) is 11.3 Å². The second-order valence-corrected chi connectivity index (χ2v) is 8.56. The van der Waals surface area contributed by atoms with E-state index in [1.165, 1.54) is 14.2 Å². The van der Waals surface area contributed by atoms with Crippen LogP contribution >= 0.6 is 23.2 Å². The molecule has 1 aliphatic rings. The van der Waals surface area contributed by atoms with Gasteiger partial charge in [0.05, 0.1) is 35.3 Å². The molecule has 1 aromatic heterocycles. The summed E-state index contributed by atoms with van der Waals surface area (Å²) in [6, 6.07) is 8.41. The van der Waals surface area contributed by atoms with Crippen LogP contribution in [0.2, 0.25) is 10.0 Å². The lowest BCUT2D eigenvalue weighted by Gasteiger charge is -2.29. The number of furan rings is 1. The van der Waals surface area contributed by atoms with Gasteiger partial charge in [-0.2, -0.15) is 0 Å². The number of ether oxygens (including phenoxy) is 4. The summed E-state index contributed by atoms with van der Waals surface area (Å²) in [5.41, 5.74) is 2.09. The molecule has 10 heteroatoms. The molecule has 0 atom stereocenters. The molecule has 2 aromatic rings. The van der Waals surface area contributed by atoms with E-state index in [9.17, 15) is 9.59 Å². The molecule has 0 fully saturated rings. The third-order valence-electron chi connectivity index (χ3n) is 5.35. The maximum Gasteiger partial charge on any atom is 0.336 e. The first-order valence-electron chi connectivity index (χ1n) is 10.8. The zero-order valence-corrected chi connectivity index (χ0v) is 21.4. The van der Waals surface area contributed by atoms with Crippen molar-refractivity contribution in [1.82, 2.24) is 5.32 Å². The molecule has 0 bridgehead atoms. The van der Waals surface area contributed by atoms with Crippen LogP contribution in [-0.2, 0) is 28.5 Å². The van der Waals surface area contributed by atoms with Crippen LogP contribution in [0.5, 0.6) is 0 Å². The van der Waals surface area contributed by atoms with Crippen molar-refractivity contribution >= 4 is 35.1 Å². The molecule has 0 saturated carbocycles. The first kappa shape index (κ1) is 26.8. The number of carbonyl (C=O) groups excluding carboxylic acids is 2. The minimum atomic E-state index is -0.881. The predicted molar refractivity (Wildman–Crippen MR) is 131 cm³/mol. The van der Waals surface area contributed by atoms with Crippen molar-refractivity contribution < 1.29 is 33.0 Å². The van der Waals surface area contributed by atoms with Gasteiger partial charge in [-0.25, -0.2) is 9.59 Å². The summed E-state index contributed by atoms with van der Waals surface area (Å²) in [5, 5.41) is 4.02. The maximum atomic E-state index is 13.1. The van der Waals surface area contributed by atoms with Crippen LogP contribution in [0.1, 0.15) is 25.5 Å². The summed E-state index contributed by atoms with van der Waals surface area (Å²) >= 11 is 12.5. The Balaban J connectivity index is 2.06. The van der Waals surface area contributed by atoms with Crippen LogP contribution in [0, 0.1) is 0 Å². The molecule has 0 amide bonds. The quantitative estimate of drug-likeness (QED) is 0.348. The Kier molecular flexibility index (Phi) is 9.40. The fraction of sp³-hybridized carbons (Fsp3) is 0.360. The van der Waals surface area contributed by atoms with E-state index < -0.39 is 17.9 Å². The fourth-order valence-corrected chi connectivity index (χ4v) is 4.13. The molecular formula is C25H27Cl2NO7. The standard InChI is InChI=1S/C25H27Cl2NO7/c1-14-21(24(29)33-11-9-31-3)23(22(15(2)28-14)25(30)34-12-10-32-4)20-8-7-19(35-20)17-13-16(26)5-6-18(17)27/h5-8,13,23,28H,9-12H2,1-4H3. The first-order valence-corrected chi connectivity index (χ1v) is 11.6. The van der Waals surface area contributed by atoms with Gasteiger partial charge < -0.3 is 28.7 Å². The van der Waals surface area contributed by atoms with Crippen molar-refractivity contribution in [3.05, 3.63) is 68.7 Å². The van der Waals surface area contributed by atoms with Gasteiger partial charge in [0.1, 0.15) is 24.7 Å². The van der Waals surface area contributed by atoms with E-state index in [1.807, 2.05) is 0 Å². The van der Waals surface area contributed by atoms with E-state index in [0.717, 1.165) is 0 Å². The van der Waals surface area contributed by atoms with Gasteiger partial charge in [-0.15, -0.1) is 0 Å². The largest absolute Gasteiger partial charge is 0.460 e. The molecule has 188 valence electrons. The maximum absolute atomic E-state index is 13.1. The molecule has 0 saturated heterocycles. The SMILES string of the molecule is COCCOC(=O)C1=C(C)NC(C)=C(C(=O)OCCOC)C1c1ccc(-c2cc(Cl)ccc2Cl)o1. The van der Waals surface area contributed by atoms with E-state index in [1.54, 1.807) is 44.2 Å². The third-order valence-corrected chi connectivity index (χ3v) is 5.91. The molecule has 1 N–H and O–H groups in total. The average molecular weight is 524 g/mol. The first-order chi connectivity index (χ1) is 16.8. The number of esters is 2. The molecule has 0 radical (unpaired) electrons. The Hall–Kier alpha value is -2.78. The Labute approximate surface area is 213 Å². The van der Waals surface area contributed by atoms with Gasteiger partial charge in [0.15, 0.2) is 0 Å². The van der Waals surface area contributed by atoms with Gasteiger partial charge in [0, 0.05) is 36.2 Å². The number of halogens is 2. The molecule has 3 rings (SSSR count). The van der Waals surface area contributed by atoms with Gasteiger partial charge >= 0.3 is 11.9 Å². The third kappa shape index (κ3) is 6.27. The molecule has 35 heavy (non-hydrogen) atoms. The van der Waals surface area contributed by atoms with E-state index >= 15 is 0 Å². The van der Waals surface area contributed by atoms with Crippen molar-refractivity contribution in [3.8, 4) is 11.3 Å². The minimum Gasteiger partial charge on any atom is -0.460 e. The van der Waals surface area contributed by atoms with E-state index in [0.29, 0.717) is 38.5 Å². The number of rotatable bonds is 10. The Morgan fingerprint density at radius 3 is 2.00 bits per heavy atom. The van der Waals surface area contributed by atoms with Crippen LogP contribution in [0.3, 0.4) is 0 Å². The molecule has 1 aliphatic heterocycles. The summed E-state index contributed by atoms with van der Waals surface area (Å²) in [4.78, 5) is 26.3. The van der Waals surface area contributed by atoms with Crippen LogP contribution < -0.4 is 5.32 Å².